The normalized spacial score (nSPS) is 12.0. The van der Waals surface area contributed by atoms with Crippen molar-refractivity contribution in [3.05, 3.63) is 74.0 Å². The predicted octanol–water partition coefficient (Wildman–Crippen LogP) is 4.70. The van der Waals surface area contributed by atoms with Crippen molar-refractivity contribution in [1.29, 1.82) is 0 Å². The first-order valence-corrected chi connectivity index (χ1v) is 12.7. The van der Waals surface area contributed by atoms with Crippen molar-refractivity contribution < 1.29 is 0 Å². The summed E-state index contributed by atoms with van der Waals surface area (Å²) in [5, 5.41) is 2.21. The molecular formula is C25H28ClN5O2S. The smallest absolute Gasteiger partial charge is 0.262 e. The summed E-state index contributed by atoms with van der Waals surface area (Å²) in [6, 6.07) is 13.1. The fourth-order valence-electron chi connectivity index (χ4n) is 4.15. The number of fused-ring (bicyclic) bond motifs is 2. The largest absolute Gasteiger partial charge is 0.309 e. The molecule has 0 atom stereocenters. The molecule has 2 heterocycles. The van der Waals surface area contributed by atoms with E-state index in [4.69, 9.17) is 16.6 Å². The second-order valence-corrected chi connectivity index (χ2v) is 10.1. The van der Waals surface area contributed by atoms with Gasteiger partial charge < -0.3 is 4.98 Å². The number of thioether (sulfide) groups is 1. The maximum Gasteiger partial charge on any atom is 0.262 e. The lowest BCUT2D eigenvalue weighted by molar-refractivity contribution is 0.166. The first kappa shape index (κ1) is 24.4. The lowest BCUT2D eigenvalue weighted by Crippen LogP contribution is -2.40. The maximum absolute atomic E-state index is 13.4. The third-order valence-electron chi connectivity index (χ3n) is 5.79. The van der Waals surface area contributed by atoms with E-state index in [1.54, 1.807) is 22.8 Å². The number of benzene rings is 2. The summed E-state index contributed by atoms with van der Waals surface area (Å²) in [5.74, 6) is 0.866. The van der Waals surface area contributed by atoms with Crippen LogP contribution in [0.15, 0.2) is 57.2 Å². The minimum atomic E-state index is -0.217. The van der Waals surface area contributed by atoms with Gasteiger partial charge in [-0.1, -0.05) is 35.5 Å². The minimum absolute atomic E-state index is 0.0627. The molecule has 9 heteroatoms. The average molecular weight is 498 g/mol. The third-order valence-corrected chi connectivity index (χ3v) is 7.01. The summed E-state index contributed by atoms with van der Waals surface area (Å²) in [5.41, 5.74) is 0.917. The predicted molar refractivity (Wildman–Crippen MR) is 140 cm³/mol. The Hall–Kier alpha value is -2.68. The first-order valence-electron chi connectivity index (χ1n) is 11.3. The summed E-state index contributed by atoms with van der Waals surface area (Å²) in [4.78, 5) is 40.4. The van der Waals surface area contributed by atoms with E-state index in [-0.39, 0.29) is 11.1 Å². The Morgan fingerprint density at radius 2 is 1.74 bits per heavy atom. The van der Waals surface area contributed by atoms with E-state index in [9.17, 15) is 9.59 Å². The lowest BCUT2D eigenvalue weighted by Gasteiger charge is -2.30. The molecule has 0 radical (unpaired) electrons. The number of para-hydroxylation sites is 1. The summed E-state index contributed by atoms with van der Waals surface area (Å²) < 4.78 is 1.74. The highest BCUT2D eigenvalue weighted by Crippen LogP contribution is 2.22. The van der Waals surface area contributed by atoms with Crippen LogP contribution >= 0.6 is 23.4 Å². The Bertz CT molecular complexity index is 1440. The topological polar surface area (TPSA) is 83.9 Å². The summed E-state index contributed by atoms with van der Waals surface area (Å²) in [6.07, 6.45) is 0. The van der Waals surface area contributed by atoms with Crippen molar-refractivity contribution in [2.45, 2.75) is 57.2 Å². The average Bonchev–Trinajstić information content (AvgIpc) is 2.78. The van der Waals surface area contributed by atoms with Gasteiger partial charge in [0, 0.05) is 30.2 Å². The van der Waals surface area contributed by atoms with Gasteiger partial charge >= 0.3 is 0 Å². The number of halogens is 1. The van der Waals surface area contributed by atoms with Crippen LogP contribution in [0.3, 0.4) is 0 Å². The van der Waals surface area contributed by atoms with Crippen LogP contribution in [0.2, 0.25) is 5.02 Å². The molecule has 2 aromatic carbocycles. The molecule has 4 aromatic rings. The van der Waals surface area contributed by atoms with E-state index in [2.05, 4.69) is 42.6 Å². The van der Waals surface area contributed by atoms with E-state index >= 15 is 0 Å². The van der Waals surface area contributed by atoms with E-state index in [1.807, 2.05) is 24.3 Å². The fraction of sp³-hybridized carbons (Fsp3) is 0.360. The van der Waals surface area contributed by atoms with Gasteiger partial charge in [0.2, 0.25) is 0 Å². The Morgan fingerprint density at radius 3 is 2.47 bits per heavy atom. The molecule has 178 valence electrons. The number of H-pyrrole nitrogens is 1. The summed E-state index contributed by atoms with van der Waals surface area (Å²) >= 11 is 7.47. The molecule has 0 fully saturated rings. The molecule has 4 rings (SSSR count). The van der Waals surface area contributed by atoms with Gasteiger partial charge in [-0.2, -0.15) is 0 Å². The zero-order chi connectivity index (χ0) is 24.4. The molecule has 0 aliphatic rings. The third kappa shape index (κ3) is 5.19. The van der Waals surface area contributed by atoms with Crippen LogP contribution in [0.25, 0.3) is 21.8 Å². The quantitative estimate of drug-likeness (QED) is 0.280. The van der Waals surface area contributed by atoms with E-state index in [0.717, 1.165) is 6.54 Å². The van der Waals surface area contributed by atoms with Crippen LogP contribution in [-0.2, 0) is 12.3 Å². The maximum atomic E-state index is 13.4. The zero-order valence-corrected chi connectivity index (χ0v) is 21.3. The Labute approximate surface area is 207 Å². The van der Waals surface area contributed by atoms with Crippen molar-refractivity contribution >= 4 is 45.2 Å². The van der Waals surface area contributed by atoms with Gasteiger partial charge in [-0.15, -0.1) is 0 Å². The number of nitrogens with one attached hydrogen (secondary N) is 1. The number of rotatable bonds is 8. The molecule has 0 bridgehead atoms. The molecule has 2 aromatic heterocycles. The van der Waals surface area contributed by atoms with Gasteiger partial charge in [-0.25, -0.2) is 9.97 Å². The first-order chi connectivity index (χ1) is 16.2. The monoisotopic (exact) mass is 497 g/mol. The standard InChI is InChI=1S/C25H28ClN5O2S/c1-15(2)30(16(3)4)11-12-31-24(33)19-7-5-6-8-20(19)28-25(31)34-14-22-27-21-13-17(26)9-10-18(21)23(32)29-22/h5-10,13,15-16H,11-12,14H2,1-4H3,(H,27,29,32). The van der Waals surface area contributed by atoms with Crippen LogP contribution in [0, 0.1) is 0 Å². The Morgan fingerprint density at radius 1 is 1.00 bits per heavy atom. The van der Waals surface area contributed by atoms with Gasteiger partial charge in [0.25, 0.3) is 11.1 Å². The van der Waals surface area contributed by atoms with Crippen LogP contribution in [-0.4, -0.2) is 43.0 Å². The van der Waals surface area contributed by atoms with Crippen LogP contribution < -0.4 is 11.1 Å². The number of aromatic amines is 1. The van der Waals surface area contributed by atoms with Crippen molar-refractivity contribution in [2.24, 2.45) is 0 Å². The molecule has 34 heavy (non-hydrogen) atoms. The van der Waals surface area contributed by atoms with Gasteiger partial charge in [0.05, 0.1) is 27.6 Å². The highest BCUT2D eigenvalue weighted by Gasteiger charge is 2.17. The van der Waals surface area contributed by atoms with Gasteiger partial charge in [-0.05, 0) is 58.0 Å². The molecular weight excluding hydrogens is 470 g/mol. The number of hydrogen-bond acceptors (Lipinski definition) is 6. The van der Waals surface area contributed by atoms with Crippen molar-refractivity contribution in [3.8, 4) is 0 Å². The van der Waals surface area contributed by atoms with Crippen molar-refractivity contribution in [1.82, 2.24) is 24.4 Å². The van der Waals surface area contributed by atoms with Gasteiger partial charge in [0.1, 0.15) is 5.82 Å². The van der Waals surface area contributed by atoms with E-state index < -0.39 is 0 Å². The Balaban J connectivity index is 1.68. The molecule has 0 unspecified atom stereocenters. The number of aromatic nitrogens is 4. The zero-order valence-electron chi connectivity index (χ0n) is 19.7. The van der Waals surface area contributed by atoms with Crippen LogP contribution in [0.4, 0.5) is 0 Å². The van der Waals surface area contributed by atoms with Crippen molar-refractivity contribution in [3.63, 3.8) is 0 Å². The highest BCUT2D eigenvalue weighted by molar-refractivity contribution is 7.98. The van der Waals surface area contributed by atoms with Crippen molar-refractivity contribution in [2.75, 3.05) is 6.54 Å². The molecule has 0 saturated carbocycles. The number of nitrogens with zero attached hydrogens (tertiary/aromatic N) is 4. The Kier molecular flexibility index (Phi) is 7.40. The summed E-state index contributed by atoms with van der Waals surface area (Å²) in [7, 11) is 0. The molecule has 7 nitrogen and oxygen atoms in total. The number of hydrogen-bond donors (Lipinski definition) is 1. The second-order valence-electron chi connectivity index (χ2n) is 8.76. The molecule has 1 N–H and O–H groups in total. The van der Waals surface area contributed by atoms with Crippen LogP contribution in [0.5, 0.6) is 0 Å². The van der Waals surface area contributed by atoms with Gasteiger partial charge in [-0.3, -0.25) is 19.1 Å². The lowest BCUT2D eigenvalue weighted by atomic mass is 10.2. The molecule has 0 aliphatic heterocycles. The molecule has 0 saturated heterocycles. The minimum Gasteiger partial charge on any atom is -0.309 e. The SMILES string of the molecule is CC(C)N(CCn1c(SCc2nc3cc(Cl)ccc3c(=O)[nH]2)nc2ccccc2c1=O)C(C)C. The summed E-state index contributed by atoms with van der Waals surface area (Å²) in [6.45, 7) is 9.88. The molecule has 0 spiro atoms. The van der Waals surface area contributed by atoms with E-state index in [1.165, 1.54) is 11.8 Å². The second kappa shape index (κ2) is 10.3. The van der Waals surface area contributed by atoms with E-state index in [0.29, 0.717) is 62.2 Å². The highest BCUT2D eigenvalue weighted by atomic mass is 35.5. The van der Waals surface area contributed by atoms with Crippen LogP contribution in [0.1, 0.15) is 33.5 Å². The fourth-order valence-corrected chi connectivity index (χ4v) is 5.21. The molecule has 0 aliphatic carbocycles. The van der Waals surface area contributed by atoms with Gasteiger partial charge in [0.15, 0.2) is 5.16 Å². The molecule has 0 amide bonds.